The van der Waals surface area contributed by atoms with Crippen LogP contribution in [-0.2, 0) is 4.79 Å². The Bertz CT molecular complexity index is 1280. The second kappa shape index (κ2) is 8.71. The molecule has 0 saturated carbocycles. The van der Waals surface area contributed by atoms with Crippen molar-refractivity contribution in [1.29, 1.82) is 0 Å². The maximum absolute atomic E-state index is 13.1. The molecule has 7 heteroatoms. The highest BCUT2D eigenvalue weighted by atomic mass is 16.5. The van der Waals surface area contributed by atoms with Crippen LogP contribution in [0.15, 0.2) is 76.2 Å². The van der Waals surface area contributed by atoms with Crippen LogP contribution in [0.3, 0.4) is 0 Å². The molecule has 1 amide bonds. The van der Waals surface area contributed by atoms with Crippen molar-refractivity contribution in [1.82, 2.24) is 4.98 Å². The standard InChI is InChI=1S/C24H20N2O5/c1-15-23(16-5-7-18(29-2)8-6-16)24(28)20-10-9-19(12-21(20)31-15)30-14-22(27)26-17-4-3-11-25-13-17/h3-13H,14H2,1-2H3,(H,26,27). The van der Waals surface area contributed by atoms with E-state index in [2.05, 4.69) is 10.3 Å². The van der Waals surface area contributed by atoms with E-state index >= 15 is 0 Å². The number of carbonyl (C=O) groups is 1. The highest BCUT2D eigenvalue weighted by Crippen LogP contribution is 2.27. The molecule has 1 N–H and O–H groups in total. The van der Waals surface area contributed by atoms with Crippen LogP contribution in [0.1, 0.15) is 5.76 Å². The summed E-state index contributed by atoms with van der Waals surface area (Å²) >= 11 is 0. The molecule has 4 rings (SSSR count). The molecule has 4 aromatic rings. The van der Waals surface area contributed by atoms with E-state index in [4.69, 9.17) is 13.9 Å². The number of amides is 1. The molecule has 2 aromatic heterocycles. The molecule has 0 aliphatic rings. The van der Waals surface area contributed by atoms with E-state index < -0.39 is 0 Å². The van der Waals surface area contributed by atoms with E-state index in [0.717, 1.165) is 5.56 Å². The number of nitrogens with zero attached hydrogens (tertiary/aromatic N) is 1. The molecule has 2 aromatic carbocycles. The van der Waals surface area contributed by atoms with Crippen molar-refractivity contribution in [3.8, 4) is 22.6 Å². The van der Waals surface area contributed by atoms with Gasteiger partial charge in [0, 0.05) is 12.3 Å². The lowest BCUT2D eigenvalue weighted by molar-refractivity contribution is -0.118. The van der Waals surface area contributed by atoms with Crippen LogP contribution in [0.5, 0.6) is 11.5 Å². The van der Waals surface area contributed by atoms with Gasteiger partial charge in [-0.05, 0) is 48.9 Å². The summed E-state index contributed by atoms with van der Waals surface area (Å²) in [6.07, 6.45) is 3.17. The molecule has 0 bridgehead atoms. The molecule has 31 heavy (non-hydrogen) atoms. The van der Waals surface area contributed by atoms with Gasteiger partial charge in [0.15, 0.2) is 6.61 Å². The summed E-state index contributed by atoms with van der Waals surface area (Å²) in [4.78, 5) is 29.1. The van der Waals surface area contributed by atoms with Crippen molar-refractivity contribution in [2.45, 2.75) is 6.92 Å². The zero-order chi connectivity index (χ0) is 21.8. The third kappa shape index (κ3) is 4.40. The number of rotatable bonds is 6. The number of hydrogen-bond acceptors (Lipinski definition) is 6. The lowest BCUT2D eigenvalue weighted by atomic mass is 10.0. The molecule has 0 unspecified atom stereocenters. The molecule has 0 fully saturated rings. The quantitative estimate of drug-likeness (QED) is 0.507. The van der Waals surface area contributed by atoms with E-state index in [9.17, 15) is 9.59 Å². The average molecular weight is 416 g/mol. The summed E-state index contributed by atoms with van der Waals surface area (Å²) in [5.74, 6) is 1.31. The van der Waals surface area contributed by atoms with Crippen molar-refractivity contribution in [2.75, 3.05) is 19.0 Å². The Morgan fingerprint density at radius 1 is 1.10 bits per heavy atom. The van der Waals surface area contributed by atoms with Crippen LogP contribution in [0.25, 0.3) is 22.1 Å². The summed E-state index contributed by atoms with van der Waals surface area (Å²) in [7, 11) is 1.59. The van der Waals surface area contributed by atoms with Gasteiger partial charge < -0.3 is 19.2 Å². The van der Waals surface area contributed by atoms with Crippen molar-refractivity contribution in [2.24, 2.45) is 0 Å². The summed E-state index contributed by atoms with van der Waals surface area (Å²) in [6.45, 7) is 1.56. The fourth-order valence-corrected chi connectivity index (χ4v) is 3.25. The predicted octanol–water partition coefficient (Wildman–Crippen LogP) is 4.19. The third-order valence-corrected chi connectivity index (χ3v) is 4.73. The second-order valence-corrected chi connectivity index (χ2v) is 6.83. The van der Waals surface area contributed by atoms with E-state index in [1.165, 1.54) is 0 Å². The van der Waals surface area contributed by atoms with E-state index in [1.807, 2.05) is 12.1 Å². The van der Waals surface area contributed by atoms with Gasteiger partial charge in [-0.1, -0.05) is 12.1 Å². The normalized spacial score (nSPS) is 10.6. The highest BCUT2D eigenvalue weighted by Gasteiger charge is 2.14. The van der Waals surface area contributed by atoms with Crippen molar-refractivity contribution >= 4 is 22.6 Å². The van der Waals surface area contributed by atoms with E-state index in [1.54, 1.807) is 68.9 Å². The van der Waals surface area contributed by atoms with Gasteiger partial charge in [0.25, 0.3) is 5.91 Å². The number of carbonyl (C=O) groups excluding carboxylic acids is 1. The van der Waals surface area contributed by atoms with Gasteiger partial charge in [-0.2, -0.15) is 0 Å². The summed E-state index contributed by atoms with van der Waals surface area (Å²) in [6, 6.07) is 15.6. The monoisotopic (exact) mass is 416 g/mol. The van der Waals surface area contributed by atoms with Crippen LogP contribution >= 0.6 is 0 Å². The van der Waals surface area contributed by atoms with Gasteiger partial charge in [-0.3, -0.25) is 14.6 Å². The topological polar surface area (TPSA) is 90.7 Å². The molecule has 0 aliphatic carbocycles. The molecule has 0 atom stereocenters. The van der Waals surface area contributed by atoms with Crippen LogP contribution in [0.2, 0.25) is 0 Å². The molecule has 0 saturated heterocycles. The minimum absolute atomic E-state index is 0.134. The smallest absolute Gasteiger partial charge is 0.262 e. The first-order valence-corrected chi connectivity index (χ1v) is 9.60. The molecule has 0 radical (unpaired) electrons. The fourth-order valence-electron chi connectivity index (χ4n) is 3.25. The van der Waals surface area contributed by atoms with Crippen LogP contribution in [0.4, 0.5) is 5.69 Å². The Balaban J connectivity index is 1.55. The summed E-state index contributed by atoms with van der Waals surface area (Å²) in [5, 5.41) is 3.13. The highest BCUT2D eigenvalue weighted by molar-refractivity contribution is 5.91. The van der Waals surface area contributed by atoms with Gasteiger partial charge in [0.2, 0.25) is 5.43 Å². The number of fused-ring (bicyclic) bond motifs is 1. The van der Waals surface area contributed by atoms with Crippen LogP contribution < -0.4 is 20.2 Å². The SMILES string of the molecule is COc1ccc(-c2c(C)oc3cc(OCC(=O)Nc4cccnc4)ccc3c2=O)cc1. The number of hydrogen-bond donors (Lipinski definition) is 1. The number of aryl methyl sites for hydroxylation is 1. The Kier molecular flexibility index (Phi) is 5.66. The van der Waals surface area contributed by atoms with Gasteiger partial charge >= 0.3 is 0 Å². The minimum atomic E-state index is -0.319. The molecule has 0 aliphatic heterocycles. The lowest BCUT2D eigenvalue weighted by Gasteiger charge is -2.10. The predicted molar refractivity (Wildman–Crippen MR) is 118 cm³/mol. The first kappa shape index (κ1) is 20.2. The molecule has 7 nitrogen and oxygen atoms in total. The first-order valence-electron chi connectivity index (χ1n) is 9.60. The van der Waals surface area contributed by atoms with Gasteiger partial charge in [0.1, 0.15) is 22.8 Å². The molecule has 156 valence electrons. The summed E-state index contributed by atoms with van der Waals surface area (Å²) in [5.41, 5.74) is 2.10. The first-order chi connectivity index (χ1) is 15.0. The summed E-state index contributed by atoms with van der Waals surface area (Å²) < 4.78 is 16.6. The molecule has 2 heterocycles. The number of ether oxygens (including phenoxy) is 2. The van der Waals surface area contributed by atoms with Crippen molar-refractivity contribution in [3.05, 3.63) is 83.0 Å². The maximum atomic E-state index is 13.1. The van der Waals surface area contributed by atoms with Crippen molar-refractivity contribution in [3.63, 3.8) is 0 Å². The zero-order valence-electron chi connectivity index (χ0n) is 17.0. The van der Waals surface area contributed by atoms with Gasteiger partial charge in [-0.15, -0.1) is 0 Å². The number of benzene rings is 2. The number of aromatic nitrogens is 1. The molecular formula is C24H20N2O5. The Labute approximate surface area is 178 Å². The van der Waals surface area contributed by atoms with Gasteiger partial charge in [-0.25, -0.2) is 0 Å². The second-order valence-electron chi connectivity index (χ2n) is 6.83. The Morgan fingerprint density at radius 3 is 2.58 bits per heavy atom. The third-order valence-electron chi connectivity index (χ3n) is 4.73. The number of methoxy groups -OCH3 is 1. The van der Waals surface area contributed by atoms with Crippen molar-refractivity contribution < 1.29 is 18.7 Å². The Morgan fingerprint density at radius 2 is 1.87 bits per heavy atom. The zero-order valence-corrected chi connectivity index (χ0v) is 17.0. The van der Waals surface area contributed by atoms with Crippen LogP contribution in [0, 0.1) is 6.92 Å². The largest absolute Gasteiger partial charge is 0.497 e. The van der Waals surface area contributed by atoms with E-state index in [0.29, 0.717) is 39.5 Å². The maximum Gasteiger partial charge on any atom is 0.262 e. The number of nitrogens with one attached hydrogen (secondary N) is 1. The fraction of sp³-hybridized carbons (Fsp3) is 0.125. The Hall–Kier alpha value is -4.13. The lowest BCUT2D eigenvalue weighted by Crippen LogP contribution is -2.20. The van der Waals surface area contributed by atoms with Gasteiger partial charge in [0.05, 0.1) is 29.9 Å². The average Bonchev–Trinajstić information content (AvgIpc) is 2.78. The minimum Gasteiger partial charge on any atom is -0.497 e. The number of anilines is 1. The number of pyridine rings is 1. The molecule has 0 spiro atoms. The molecular weight excluding hydrogens is 396 g/mol. The van der Waals surface area contributed by atoms with E-state index in [-0.39, 0.29) is 17.9 Å². The van der Waals surface area contributed by atoms with Crippen LogP contribution in [-0.4, -0.2) is 24.6 Å².